The average Bonchev–Trinajstić information content (AvgIpc) is 3.96. The van der Waals surface area contributed by atoms with E-state index in [-0.39, 0.29) is 0 Å². The highest BCUT2D eigenvalue weighted by molar-refractivity contribution is 7.27. The van der Waals surface area contributed by atoms with Crippen molar-refractivity contribution < 1.29 is 0 Å². The third kappa shape index (κ3) is 4.47. The van der Waals surface area contributed by atoms with Crippen molar-refractivity contribution in [1.29, 1.82) is 0 Å². The molecule has 4 heterocycles. The SMILES string of the molecule is c1ccc(-c2cccc(-c3nc(-n4c5ccccc5c5cc6ccc7sc8ccccc8c7c6cc54)nc4c3sc3c5ccccc5c5ccccc5c43)c2)cc1. The topological polar surface area (TPSA) is 30.7 Å². The van der Waals surface area contributed by atoms with Crippen molar-refractivity contribution in [2.45, 2.75) is 0 Å². The molecule has 9 aromatic carbocycles. The summed E-state index contributed by atoms with van der Waals surface area (Å²) in [4.78, 5) is 11.3. The lowest BCUT2D eigenvalue weighted by molar-refractivity contribution is 1.02. The van der Waals surface area contributed by atoms with E-state index in [0.29, 0.717) is 5.95 Å². The number of fused-ring (bicyclic) bond motifs is 16. The molecule has 4 aromatic heterocycles. The van der Waals surface area contributed by atoms with E-state index in [9.17, 15) is 0 Å². The lowest BCUT2D eigenvalue weighted by Gasteiger charge is -2.12. The first-order chi connectivity index (χ1) is 28.3. The molecule has 0 bridgehead atoms. The van der Waals surface area contributed by atoms with E-state index >= 15 is 0 Å². The average molecular weight is 760 g/mol. The van der Waals surface area contributed by atoms with Gasteiger partial charge in [-0.05, 0) is 74.5 Å². The zero-order chi connectivity index (χ0) is 37.2. The van der Waals surface area contributed by atoms with Crippen LogP contribution in [0.25, 0.3) is 123 Å². The Kier molecular flexibility index (Phi) is 6.48. The summed E-state index contributed by atoms with van der Waals surface area (Å²) in [6.45, 7) is 0. The Labute approximate surface area is 334 Å². The smallest absolute Gasteiger partial charge is 0.235 e. The maximum absolute atomic E-state index is 5.68. The predicted octanol–water partition coefficient (Wildman–Crippen LogP) is 15.1. The summed E-state index contributed by atoms with van der Waals surface area (Å²) in [6.07, 6.45) is 0. The predicted molar refractivity (Wildman–Crippen MR) is 246 cm³/mol. The lowest BCUT2D eigenvalue weighted by atomic mass is 9.98. The highest BCUT2D eigenvalue weighted by Crippen LogP contribution is 2.47. The molecule has 0 saturated heterocycles. The Morgan fingerprint density at radius 2 is 1.05 bits per heavy atom. The van der Waals surface area contributed by atoms with Crippen LogP contribution in [0.4, 0.5) is 0 Å². The van der Waals surface area contributed by atoms with Gasteiger partial charge in [-0.1, -0.05) is 140 Å². The fourth-order valence-corrected chi connectivity index (χ4v) is 11.7. The summed E-state index contributed by atoms with van der Waals surface area (Å²) >= 11 is 3.68. The monoisotopic (exact) mass is 759 g/mol. The molecule has 13 aromatic rings. The molecular formula is C52H29N3S2. The van der Waals surface area contributed by atoms with Gasteiger partial charge >= 0.3 is 0 Å². The largest absolute Gasteiger partial charge is 0.278 e. The second-order valence-corrected chi connectivity index (χ2v) is 17.0. The van der Waals surface area contributed by atoms with Crippen molar-refractivity contribution in [1.82, 2.24) is 14.5 Å². The summed E-state index contributed by atoms with van der Waals surface area (Å²) in [7, 11) is 0. The van der Waals surface area contributed by atoms with Gasteiger partial charge in [-0.15, -0.1) is 22.7 Å². The van der Waals surface area contributed by atoms with Crippen molar-refractivity contribution in [2.24, 2.45) is 0 Å². The number of nitrogens with zero attached hydrogens (tertiary/aromatic N) is 3. The van der Waals surface area contributed by atoms with E-state index < -0.39 is 0 Å². The van der Waals surface area contributed by atoms with Crippen LogP contribution < -0.4 is 0 Å². The van der Waals surface area contributed by atoms with Crippen LogP contribution in [-0.2, 0) is 0 Å². The van der Waals surface area contributed by atoms with Crippen molar-refractivity contribution in [3.8, 4) is 28.3 Å². The number of benzene rings is 9. The van der Waals surface area contributed by atoms with E-state index in [1.807, 2.05) is 22.7 Å². The van der Waals surface area contributed by atoms with Gasteiger partial charge in [0.2, 0.25) is 5.95 Å². The number of thiophene rings is 2. The number of aromatic nitrogens is 3. The van der Waals surface area contributed by atoms with Gasteiger partial charge in [0.1, 0.15) is 0 Å². The van der Waals surface area contributed by atoms with Crippen molar-refractivity contribution in [2.75, 3.05) is 0 Å². The molecule has 0 radical (unpaired) electrons. The van der Waals surface area contributed by atoms with E-state index in [4.69, 9.17) is 9.97 Å². The zero-order valence-corrected chi connectivity index (χ0v) is 32.0. The first-order valence-corrected chi connectivity index (χ1v) is 20.9. The molecule has 0 saturated carbocycles. The minimum absolute atomic E-state index is 0.674. The molecule has 57 heavy (non-hydrogen) atoms. The zero-order valence-electron chi connectivity index (χ0n) is 30.4. The molecule has 0 spiro atoms. The maximum atomic E-state index is 5.68. The van der Waals surface area contributed by atoms with Crippen LogP contribution in [0.3, 0.4) is 0 Å². The van der Waals surface area contributed by atoms with Crippen molar-refractivity contribution >= 4 is 117 Å². The van der Waals surface area contributed by atoms with Crippen LogP contribution in [0.2, 0.25) is 0 Å². The van der Waals surface area contributed by atoms with Crippen LogP contribution in [0.15, 0.2) is 176 Å². The molecule has 3 nitrogen and oxygen atoms in total. The molecule has 0 aliphatic rings. The number of para-hydroxylation sites is 1. The normalized spacial score (nSPS) is 12.2. The van der Waals surface area contributed by atoms with E-state index in [1.165, 1.54) is 78.9 Å². The summed E-state index contributed by atoms with van der Waals surface area (Å²) in [5.41, 5.74) is 7.54. The maximum Gasteiger partial charge on any atom is 0.235 e. The Morgan fingerprint density at radius 1 is 0.368 bits per heavy atom. The summed E-state index contributed by atoms with van der Waals surface area (Å²) < 4.78 is 7.26. The minimum atomic E-state index is 0.674. The Balaban J connectivity index is 1.20. The highest BCUT2D eigenvalue weighted by atomic mass is 32.1. The first kappa shape index (κ1) is 31.3. The van der Waals surface area contributed by atoms with Gasteiger partial charge < -0.3 is 0 Å². The van der Waals surface area contributed by atoms with Gasteiger partial charge in [-0.3, -0.25) is 4.57 Å². The molecule has 0 aliphatic carbocycles. The summed E-state index contributed by atoms with van der Waals surface area (Å²) in [6, 6.07) is 63.9. The summed E-state index contributed by atoms with van der Waals surface area (Å²) in [5, 5.41) is 13.6. The molecule has 0 aliphatic heterocycles. The minimum Gasteiger partial charge on any atom is -0.278 e. The third-order valence-corrected chi connectivity index (χ3v) is 14.1. The van der Waals surface area contributed by atoms with Gasteiger partial charge in [-0.2, -0.15) is 0 Å². The second kappa shape index (κ2) is 11.8. The summed E-state index contributed by atoms with van der Waals surface area (Å²) in [5.74, 6) is 0.674. The van der Waals surface area contributed by atoms with E-state index in [0.717, 1.165) is 38.1 Å². The number of rotatable bonds is 3. The Bertz CT molecular complexity index is 3820. The Morgan fingerprint density at radius 3 is 1.91 bits per heavy atom. The molecule has 0 N–H and O–H groups in total. The van der Waals surface area contributed by atoms with E-state index in [2.05, 4.69) is 180 Å². The van der Waals surface area contributed by atoms with Gasteiger partial charge in [-0.25, -0.2) is 9.97 Å². The molecule has 13 rings (SSSR count). The number of hydrogen-bond donors (Lipinski definition) is 0. The van der Waals surface area contributed by atoms with Crippen LogP contribution in [0, 0.1) is 0 Å². The lowest BCUT2D eigenvalue weighted by Crippen LogP contribution is -2.03. The Hall–Kier alpha value is -6.92. The third-order valence-electron chi connectivity index (χ3n) is 11.8. The van der Waals surface area contributed by atoms with Gasteiger partial charge in [0.25, 0.3) is 0 Å². The van der Waals surface area contributed by atoms with Gasteiger partial charge in [0.05, 0.1) is 26.9 Å². The molecule has 264 valence electrons. The number of hydrogen-bond acceptors (Lipinski definition) is 4. The van der Waals surface area contributed by atoms with Gasteiger partial charge in [0, 0.05) is 52.0 Å². The van der Waals surface area contributed by atoms with Gasteiger partial charge in [0.15, 0.2) is 0 Å². The van der Waals surface area contributed by atoms with Crippen LogP contribution in [0.5, 0.6) is 0 Å². The molecule has 0 unspecified atom stereocenters. The molecular weight excluding hydrogens is 731 g/mol. The fraction of sp³-hybridized carbons (Fsp3) is 0. The molecule has 0 atom stereocenters. The standard InChI is InChI=1S/C52H29N3S2/c1-2-13-30(14-3-1)31-15-12-16-33(27-31)48-51-49(47-37-20-6-4-17-34(37)35-18-5-7-21-38(35)50(47)57-51)54-52(53-48)55-42-23-10-8-19-36(42)41-28-32-25-26-45-46(40(32)29-43(41)55)39-22-9-11-24-44(39)56-45/h1-29H. The van der Waals surface area contributed by atoms with Crippen LogP contribution in [0.1, 0.15) is 0 Å². The molecule has 5 heteroatoms. The molecule has 0 fully saturated rings. The highest BCUT2D eigenvalue weighted by Gasteiger charge is 2.23. The van der Waals surface area contributed by atoms with Crippen molar-refractivity contribution in [3.05, 3.63) is 176 Å². The first-order valence-electron chi connectivity index (χ1n) is 19.2. The quantitative estimate of drug-likeness (QED) is 0.168. The van der Waals surface area contributed by atoms with Crippen LogP contribution in [-0.4, -0.2) is 14.5 Å². The molecule has 0 amide bonds. The van der Waals surface area contributed by atoms with Crippen molar-refractivity contribution in [3.63, 3.8) is 0 Å². The van der Waals surface area contributed by atoms with E-state index in [1.54, 1.807) is 0 Å². The fourth-order valence-electron chi connectivity index (χ4n) is 9.26. The van der Waals surface area contributed by atoms with Crippen LogP contribution >= 0.6 is 22.7 Å². The second-order valence-electron chi connectivity index (χ2n) is 14.9.